The number of aliphatic hydroxyl groups excluding tert-OH is 1. The van der Waals surface area contributed by atoms with E-state index in [-0.39, 0.29) is 18.1 Å². The fraction of sp³-hybridized carbons (Fsp3) is 0.458. The molecule has 150 valence electrons. The van der Waals surface area contributed by atoms with E-state index < -0.39 is 0 Å². The zero-order valence-corrected chi connectivity index (χ0v) is 17.1. The van der Waals surface area contributed by atoms with Crippen LogP contribution in [0.1, 0.15) is 55.4 Å². The Labute approximate surface area is 167 Å². The number of carbonyl (C=O) groups is 1. The molecule has 4 nitrogen and oxygen atoms in total. The first kappa shape index (κ1) is 20.4. The number of fused-ring (bicyclic) bond motifs is 1. The van der Waals surface area contributed by atoms with Crippen LogP contribution in [0.15, 0.2) is 42.5 Å². The van der Waals surface area contributed by atoms with Crippen LogP contribution in [-0.4, -0.2) is 29.8 Å². The van der Waals surface area contributed by atoms with E-state index in [1.54, 1.807) is 0 Å². The first-order chi connectivity index (χ1) is 13.4. The van der Waals surface area contributed by atoms with Crippen LogP contribution in [0.2, 0.25) is 0 Å². The lowest BCUT2D eigenvalue weighted by atomic mass is 9.90. The van der Waals surface area contributed by atoms with Crippen LogP contribution >= 0.6 is 0 Å². The summed E-state index contributed by atoms with van der Waals surface area (Å²) >= 11 is 0. The van der Waals surface area contributed by atoms with Gasteiger partial charge in [0.05, 0.1) is 6.61 Å². The number of ether oxygens (including phenoxy) is 1. The summed E-state index contributed by atoms with van der Waals surface area (Å²) in [6.45, 7) is 6.88. The summed E-state index contributed by atoms with van der Waals surface area (Å²) in [6.07, 6.45) is 2.87. The monoisotopic (exact) mass is 381 g/mol. The molecular formula is C24H31NO3. The molecule has 1 aliphatic rings. The summed E-state index contributed by atoms with van der Waals surface area (Å²) in [7, 11) is 0. The molecule has 0 fully saturated rings. The topological polar surface area (TPSA) is 58.6 Å². The van der Waals surface area contributed by atoms with Gasteiger partial charge in [-0.3, -0.25) is 4.79 Å². The standard InChI is InChI=1S/C24H31NO3/c1-17(2)20-8-4-19(5-9-20)15-24(3)16-21-14-18(6-10-22(21)28-24)7-11-23(27)25-12-13-26/h4-6,8-10,14,17,26H,7,11-13,15-16H2,1-3H3,(H,25,27)/t24-/m1/s1. The number of carbonyl (C=O) groups excluding carboxylic acids is 1. The minimum absolute atomic E-state index is 0.0271. The number of benzene rings is 2. The highest BCUT2D eigenvalue weighted by molar-refractivity contribution is 5.76. The van der Waals surface area contributed by atoms with E-state index in [4.69, 9.17) is 9.84 Å². The lowest BCUT2D eigenvalue weighted by Crippen LogP contribution is -2.32. The molecule has 1 amide bonds. The molecule has 0 saturated carbocycles. The molecule has 0 bridgehead atoms. The molecule has 0 radical (unpaired) electrons. The maximum absolute atomic E-state index is 11.7. The van der Waals surface area contributed by atoms with Crippen molar-refractivity contribution >= 4 is 5.91 Å². The highest BCUT2D eigenvalue weighted by atomic mass is 16.5. The summed E-state index contributed by atoms with van der Waals surface area (Å²) in [5, 5.41) is 11.5. The van der Waals surface area contributed by atoms with E-state index in [0.717, 1.165) is 24.2 Å². The van der Waals surface area contributed by atoms with Crippen molar-refractivity contribution in [3.8, 4) is 5.75 Å². The van der Waals surface area contributed by atoms with Gasteiger partial charge in [0.1, 0.15) is 11.4 Å². The Morgan fingerprint density at radius 3 is 2.57 bits per heavy atom. The number of nitrogens with one attached hydrogen (secondary N) is 1. The normalized spacial score (nSPS) is 18.0. The number of hydrogen-bond donors (Lipinski definition) is 2. The Balaban J connectivity index is 1.61. The van der Waals surface area contributed by atoms with Crippen molar-refractivity contribution in [1.82, 2.24) is 5.32 Å². The lowest BCUT2D eigenvalue weighted by Gasteiger charge is -2.24. The van der Waals surface area contributed by atoms with E-state index in [1.807, 2.05) is 12.1 Å². The van der Waals surface area contributed by atoms with Gasteiger partial charge in [0, 0.05) is 25.8 Å². The Hall–Kier alpha value is -2.33. The quantitative estimate of drug-likeness (QED) is 0.731. The lowest BCUT2D eigenvalue weighted by molar-refractivity contribution is -0.121. The van der Waals surface area contributed by atoms with Gasteiger partial charge in [-0.1, -0.05) is 50.2 Å². The third kappa shape index (κ3) is 5.14. The zero-order chi connectivity index (χ0) is 20.1. The smallest absolute Gasteiger partial charge is 0.220 e. The molecule has 2 aromatic rings. The Bertz CT molecular complexity index is 813. The van der Waals surface area contributed by atoms with Crippen molar-refractivity contribution in [2.45, 2.75) is 58.0 Å². The van der Waals surface area contributed by atoms with Crippen LogP contribution in [-0.2, 0) is 24.1 Å². The van der Waals surface area contributed by atoms with Crippen LogP contribution in [0.3, 0.4) is 0 Å². The number of hydrogen-bond acceptors (Lipinski definition) is 3. The van der Waals surface area contributed by atoms with E-state index in [1.165, 1.54) is 16.7 Å². The van der Waals surface area contributed by atoms with Crippen LogP contribution in [0.25, 0.3) is 0 Å². The number of rotatable bonds is 8. The van der Waals surface area contributed by atoms with Gasteiger partial charge in [-0.25, -0.2) is 0 Å². The van der Waals surface area contributed by atoms with E-state index in [2.05, 4.69) is 56.4 Å². The Kier molecular flexibility index (Phi) is 6.40. The minimum atomic E-state index is -0.237. The summed E-state index contributed by atoms with van der Waals surface area (Å²) in [5.74, 6) is 1.47. The van der Waals surface area contributed by atoms with E-state index in [0.29, 0.717) is 25.3 Å². The third-order valence-electron chi connectivity index (χ3n) is 5.34. The largest absolute Gasteiger partial charge is 0.487 e. The maximum Gasteiger partial charge on any atom is 0.220 e. The molecule has 4 heteroatoms. The first-order valence-corrected chi connectivity index (χ1v) is 10.2. The van der Waals surface area contributed by atoms with Crippen molar-refractivity contribution in [3.05, 3.63) is 64.7 Å². The predicted octanol–water partition coefficient (Wildman–Crippen LogP) is 3.79. The van der Waals surface area contributed by atoms with Gasteiger partial charge in [-0.15, -0.1) is 0 Å². The van der Waals surface area contributed by atoms with E-state index >= 15 is 0 Å². The second-order valence-corrected chi connectivity index (χ2v) is 8.32. The van der Waals surface area contributed by atoms with Crippen molar-refractivity contribution in [1.29, 1.82) is 0 Å². The second kappa shape index (κ2) is 8.78. The Morgan fingerprint density at radius 1 is 1.18 bits per heavy atom. The molecule has 3 rings (SSSR count). The average Bonchev–Trinajstić information content (AvgIpc) is 2.99. The highest BCUT2D eigenvalue weighted by Gasteiger charge is 2.35. The molecule has 0 unspecified atom stereocenters. The molecule has 1 aliphatic heterocycles. The molecular weight excluding hydrogens is 350 g/mol. The van der Waals surface area contributed by atoms with Crippen LogP contribution in [0.5, 0.6) is 5.75 Å². The van der Waals surface area contributed by atoms with Crippen molar-refractivity contribution in [3.63, 3.8) is 0 Å². The molecule has 0 aliphatic carbocycles. The van der Waals surface area contributed by atoms with Gasteiger partial charge in [0.2, 0.25) is 5.91 Å². The van der Waals surface area contributed by atoms with Crippen LogP contribution in [0, 0.1) is 0 Å². The van der Waals surface area contributed by atoms with Gasteiger partial charge < -0.3 is 15.2 Å². The summed E-state index contributed by atoms with van der Waals surface area (Å²) in [6, 6.07) is 15.1. The summed E-state index contributed by atoms with van der Waals surface area (Å²) in [4.78, 5) is 11.7. The highest BCUT2D eigenvalue weighted by Crippen LogP contribution is 2.37. The fourth-order valence-electron chi connectivity index (χ4n) is 3.82. The first-order valence-electron chi connectivity index (χ1n) is 10.2. The summed E-state index contributed by atoms with van der Waals surface area (Å²) in [5.41, 5.74) is 4.78. The van der Waals surface area contributed by atoms with Crippen molar-refractivity contribution < 1.29 is 14.6 Å². The number of aryl methyl sites for hydroxylation is 1. The van der Waals surface area contributed by atoms with Gasteiger partial charge in [0.15, 0.2) is 0 Å². The fourth-order valence-corrected chi connectivity index (χ4v) is 3.82. The van der Waals surface area contributed by atoms with Gasteiger partial charge in [-0.2, -0.15) is 0 Å². The molecule has 1 heterocycles. The molecule has 28 heavy (non-hydrogen) atoms. The minimum Gasteiger partial charge on any atom is -0.487 e. The van der Waals surface area contributed by atoms with Crippen LogP contribution in [0.4, 0.5) is 0 Å². The zero-order valence-electron chi connectivity index (χ0n) is 17.1. The van der Waals surface area contributed by atoms with Gasteiger partial charge in [0.25, 0.3) is 0 Å². The maximum atomic E-state index is 11.7. The molecule has 0 aromatic heterocycles. The van der Waals surface area contributed by atoms with Gasteiger partial charge in [-0.05, 0) is 47.6 Å². The third-order valence-corrected chi connectivity index (χ3v) is 5.34. The second-order valence-electron chi connectivity index (χ2n) is 8.32. The van der Waals surface area contributed by atoms with Crippen molar-refractivity contribution in [2.24, 2.45) is 0 Å². The molecule has 2 N–H and O–H groups in total. The molecule has 0 saturated heterocycles. The van der Waals surface area contributed by atoms with Crippen molar-refractivity contribution in [2.75, 3.05) is 13.2 Å². The number of aliphatic hydroxyl groups is 1. The van der Waals surface area contributed by atoms with Gasteiger partial charge >= 0.3 is 0 Å². The van der Waals surface area contributed by atoms with Crippen LogP contribution < -0.4 is 10.1 Å². The molecule has 0 spiro atoms. The predicted molar refractivity (Wildman–Crippen MR) is 112 cm³/mol. The molecule has 2 aromatic carbocycles. The molecule has 1 atom stereocenters. The average molecular weight is 382 g/mol. The summed E-state index contributed by atoms with van der Waals surface area (Å²) < 4.78 is 6.30. The Morgan fingerprint density at radius 2 is 1.89 bits per heavy atom. The van der Waals surface area contributed by atoms with E-state index in [9.17, 15) is 4.79 Å². The SMILES string of the molecule is CC(C)c1ccc(C[C@]2(C)Cc3cc(CCC(=O)NCCO)ccc3O2)cc1. The number of amides is 1.